The zero-order valence-corrected chi connectivity index (χ0v) is 23.7. The van der Waals surface area contributed by atoms with Crippen LogP contribution in [0, 0.1) is 0 Å². The van der Waals surface area contributed by atoms with Crippen LogP contribution in [0.5, 0.6) is 0 Å². The Hall–Kier alpha value is -5.46. The monoisotopic (exact) mass is 544 g/mol. The minimum atomic E-state index is -0.451. The van der Waals surface area contributed by atoms with Crippen LogP contribution in [0.15, 0.2) is 170 Å². The van der Waals surface area contributed by atoms with Gasteiger partial charge in [0.1, 0.15) is 0 Å². The van der Waals surface area contributed by atoms with Crippen LogP contribution < -0.4 is 0 Å². The van der Waals surface area contributed by atoms with Crippen molar-refractivity contribution in [1.29, 1.82) is 0 Å². The second-order valence-electron chi connectivity index (χ2n) is 11.6. The van der Waals surface area contributed by atoms with Gasteiger partial charge in [0.2, 0.25) is 0 Å². The molecule has 0 heterocycles. The van der Waals surface area contributed by atoms with Crippen LogP contribution in [0.25, 0.3) is 54.6 Å². The number of fused-ring (bicyclic) bond motifs is 7. The molecule has 0 aliphatic heterocycles. The van der Waals surface area contributed by atoms with Gasteiger partial charge < -0.3 is 0 Å². The Morgan fingerprint density at radius 3 is 1.44 bits per heavy atom. The largest absolute Gasteiger partial charge is 0.0714 e. The predicted molar refractivity (Wildman–Crippen MR) is 182 cm³/mol. The van der Waals surface area contributed by atoms with Crippen molar-refractivity contribution in [2.24, 2.45) is 0 Å². The standard InChI is InChI=1S/C43H28/c1-3-16-33(17-4-1)43(34-18-5-2-6-19-34)39-26-24-29-13-7-10-20-35(29)42(39)38-25-23-32(28-40(38)43)41-36-21-11-8-14-30(36)27-31-15-9-12-22-37(31)41/h1-28H. The minimum Gasteiger partial charge on any atom is -0.0622 e. The van der Waals surface area contributed by atoms with Gasteiger partial charge in [-0.1, -0.05) is 158 Å². The van der Waals surface area contributed by atoms with E-state index < -0.39 is 5.41 Å². The molecule has 8 aromatic carbocycles. The molecule has 0 bridgehead atoms. The second kappa shape index (κ2) is 9.28. The molecule has 9 rings (SSSR count). The molecule has 0 saturated heterocycles. The molecule has 0 spiro atoms. The second-order valence-corrected chi connectivity index (χ2v) is 11.6. The summed E-state index contributed by atoms with van der Waals surface area (Å²) in [5.74, 6) is 0. The highest BCUT2D eigenvalue weighted by Gasteiger charge is 2.46. The average molecular weight is 545 g/mol. The molecule has 0 saturated carbocycles. The zero-order valence-electron chi connectivity index (χ0n) is 23.7. The Morgan fingerprint density at radius 1 is 0.326 bits per heavy atom. The number of hydrogen-bond donors (Lipinski definition) is 0. The van der Waals surface area contributed by atoms with Crippen molar-refractivity contribution in [2.45, 2.75) is 5.41 Å². The topological polar surface area (TPSA) is 0 Å². The molecular weight excluding hydrogens is 516 g/mol. The molecule has 43 heavy (non-hydrogen) atoms. The fraction of sp³-hybridized carbons (Fsp3) is 0.0233. The van der Waals surface area contributed by atoms with Crippen molar-refractivity contribution in [3.05, 3.63) is 192 Å². The van der Waals surface area contributed by atoms with Gasteiger partial charge in [-0.2, -0.15) is 0 Å². The van der Waals surface area contributed by atoms with Crippen LogP contribution in [-0.4, -0.2) is 0 Å². The van der Waals surface area contributed by atoms with Crippen LogP contribution in [0.1, 0.15) is 22.3 Å². The first-order valence-corrected chi connectivity index (χ1v) is 15.0. The van der Waals surface area contributed by atoms with Gasteiger partial charge in [-0.25, -0.2) is 0 Å². The van der Waals surface area contributed by atoms with Crippen LogP contribution in [0.2, 0.25) is 0 Å². The van der Waals surface area contributed by atoms with E-state index in [1.165, 1.54) is 76.8 Å². The summed E-state index contributed by atoms with van der Waals surface area (Å²) in [6, 6.07) is 62.9. The Morgan fingerprint density at radius 2 is 0.837 bits per heavy atom. The molecule has 0 aromatic heterocycles. The smallest absolute Gasteiger partial charge is 0.0622 e. The normalized spacial score (nSPS) is 13.3. The molecule has 1 aliphatic rings. The molecule has 0 fully saturated rings. The van der Waals surface area contributed by atoms with Crippen LogP contribution in [0.4, 0.5) is 0 Å². The van der Waals surface area contributed by atoms with E-state index in [1.54, 1.807) is 0 Å². The summed E-state index contributed by atoms with van der Waals surface area (Å²) in [6.07, 6.45) is 0. The Kier molecular flexibility index (Phi) is 5.21. The molecule has 0 nitrogen and oxygen atoms in total. The van der Waals surface area contributed by atoms with E-state index >= 15 is 0 Å². The first-order valence-electron chi connectivity index (χ1n) is 15.0. The van der Waals surface area contributed by atoms with Gasteiger partial charge in [0.05, 0.1) is 5.41 Å². The van der Waals surface area contributed by atoms with Crippen LogP contribution in [0.3, 0.4) is 0 Å². The molecule has 0 heteroatoms. The van der Waals surface area contributed by atoms with Crippen LogP contribution >= 0.6 is 0 Å². The quantitative estimate of drug-likeness (QED) is 0.194. The SMILES string of the molecule is c1ccc(C2(c3ccccc3)c3cc(-c4c5ccccc5cc5ccccc45)ccc3-c3c2ccc2ccccc32)cc1. The summed E-state index contributed by atoms with van der Waals surface area (Å²) in [4.78, 5) is 0. The summed E-state index contributed by atoms with van der Waals surface area (Å²) >= 11 is 0. The number of benzene rings is 8. The van der Waals surface area contributed by atoms with E-state index in [2.05, 4.69) is 170 Å². The Balaban J connectivity index is 1.46. The van der Waals surface area contributed by atoms with Gasteiger partial charge in [-0.05, 0) is 89.0 Å². The van der Waals surface area contributed by atoms with Crippen molar-refractivity contribution >= 4 is 32.3 Å². The third-order valence-electron chi connectivity index (χ3n) is 9.50. The maximum atomic E-state index is 2.50. The summed E-state index contributed by atoms with van der Waals surface area (Å²) in [6.45, 7) is 0. The van der Waals surface area contributed by atoms with Gasteiger partial charge >= 0.3 is 0 Å². The fourth-order valence-electron chi connectivity index (χ4n) is 7.74. The van der Waals surface area contributed by atoms with E-state index in [0.29, 0.717) is 0 Å². The van der Waals surface area contributed by atoms with E-state index in [4.69, 9.17) is 0 Å². The lowest BCUT2D eigenvalue weighted by Gasteiger charge is -2.34. The molecular formula is C43H28. The highest BCUT2D eigenvalue weighted by molar-refractivity contribution is 6.13. The van der Waals surface area contributed by atoms with E-state index in [9.17, 15) is 0 Å². The molecule has 200 valence electrons. The fourth-order valence-corrected chi connectivity index (χ4v) is 7.74. The summed E-state index contributed by atoms with van der Waals surface area (Å²) in [7, 11) is 0. The molecule has 0 atom stereocenters. The minimum absolute atomic E-state index is 0.451. The Bertz CT molecular complexity index is 2230. The van der Waals surface area contributed by atoms with E-state index in [-0.39, 0.29) is 0 Å². The van der Waals surface area contributed by atoms with Gasteiger partial charge in [-0.15, -0.1) is 0 Å². The summed E-state index contributed by atoms with van der Waals surface area (Å²) < 4.78 is 0. The maximum absolute atomic E-state index is 2.50. The van der Waals surface area contributed by atoms with Crippen molar-refractivity contribution in [3.8, 4) is 22.3 Å². The molecule has 0 radical (unpaired) electrons. The predicted octanol–water partition coefficient (Wildman–Crippen LogP) is 11.2. The third kappa shape index (κ3) is 3.38. The van der Waals surface area contributed by atoms with E-state index in [1.807, 2.05) is 0 Å². The first-order chi connectivity index (χ1) is 21.3. The van der Waals surface area contributed by atoms with Crippen molar-refractivity contribution < 1.29 is 0 Å². The third-order valence-corrected chi connectivity index (χ3v) is 9.50. The van der Waals surface area contributed by atoms with Crippen molar-refractivity contribution in [2.75, 3.05) is 0 Å². The maximum Gasteiger partial charge on any atom is 0.0714 e. The molecule has 8 aromatic rings. The van der Waals surface area contributed by atoms with Crippen LogP contribution in [-0.2, 0) is 5.41 Å². The zero-order chi connectivity index (χ0) is 28.4. The highest BCUT2D eigenvalue weighted by atomic mass is 14.5. The highest BCUT2D eigenvalue weighted by Crippen LogP contribution is 2.58. The number of rotatable bonds is 3. The lowest BCUT2D eigenvalue weighted by atomic mass is 9.67. The molecule has 0 N–H and O–H groups in total. The van der Waals surface area contributed by atoms with Gasteiger partial charge in [0.25, 0.3) is 0 Å². The van der Waals surface area contributed by atoms with Gasteiger partial charge in [0.15, 0.2) is 0 Å². The average Bonchev–Trinajstić information content (AvgIpc) is 3.39. The van der Waals surface area contributed by atoms with Gasteiger partial charge in [0, 0.05) is 0 Å². The number of hydrogen-bond acceptors (Lipinski definition) is 0. The molecule has 0 amide bonds. The van der Waals surface area contributed by atoms with Crippen molar-refractivity contribution in [3.63, 3.8) is 0 Å². The Labute approximate surface area is 251 Å². The molecule has 0 unspecified atom stereocenters. The lowest BCUT2D eigenvalue weighted by Crippen LogP contribution is -2.28. The van der Waals surface area contributed by atoms with E-state index in [0.717, 1.165) is 0 Å². The summed E-state index contributed by atoms with van der Waals surface area (Å²) in [5, 5.41) is 7.68. The van der Waals surface area contributed by atoms with Gasteiger partial charge in [-0.3, -0.25) is 0 Å². The summed E-state index contributed by atoms with van der Waals surface area (Å²) in [5.41, 5.74) is 10.0. The van der Waals surface area contributed by atoms with Crippen molar-refractivity contribution in [1.82, 2.24) is 0 Å². The lowest BCUT2D eigenvalue weighted by molar-refractivity contribution is 0.769. The molecule has 1 aliphatic carbocycles. The first kappa shape index (κ1) is 24.2.